The molecule has 0 fully saturated rings. The molecule has 0 atom stereocenters. The summed E-state index contributed by atoms with van der Waals surface area (Å²) in [7, 11) is 0. The van der Waals surface area contributed by atoms with E-state index in [0.717, 1.165) is 38.5 Å². The number of hydrogen-bond donors (Lipinski definition) is 1. The fourth-order valence-electron chi connectivity index (χ4n) is 3.52. The van der Waals surface area contributed by atoms with Crippen molar-refractivity contribution in [2.24, 2.45) is 5.92 Å². The lowest BCUT2D eigenvalue weighted by atomic mass is 9.94. The van der Waals surface area contributed by atoms with Crippen molar-refractivity contribution in [2.75, 3.05) is 0 Å². The van der Waals surface area contributed by atoms with Gasteiger partial charge in [-0.15, -0.1) is 13.2 Å². The summed E-state index contributed by atoms with van der Waals surface area (Å²) in [6, 6.07) is 0. The largest absolute Gasteiger partial charge is 0.481 e. The molecule has 0 spiro atoms. The number of carbonyl (C=O) groups is 1. The summed E-state index contributed by atoms with van der Waals surface area (Å²) in [5, 5.41) is 9.40. The van der Waals surface area contributed by atoms with E-state index in [-0.39, 0.29) is 5.92 Å². The molecule has 0 aromatic heterocycles. The number of carboxylic acids is 1. The molecule has 0 amide bonds. The van der Waals surface area contributed by atoms with Crippen LogP contribution in [0, 0.1) is 5.92 Å². The van der Waals surface area contributed by atoms with Crippen LogP contribution in [0.3, 0.4) is 0 Å². The van der Waals surface area contributed by atoms with Crippen LogP contribution in [-0.4, -0.2) is 11.1 Å². The van der Waals surface area contributed by atoms with Crippen LogP contribution < -0.4 is 0 Å². The lowest BCUT2D eigenvalue weighted by Gasteiger charge is -2.12. The number of allylic oxidation sites excluding steroid dienone is 2. The van der Waals surface area contributed by atoms with Gasteiger partial charge in [0.2, 0.25) is 0 Å². The maximum absolute atomic E-state index is 11.4. The number of rotatable bonds is 21. The monoisotopic (exact) mass is 364 g/mol. The van der Waals surface area contributed by atoms with Crippen LogP contribution in [-0.2, 0) is 4.79 Å². The van der Waals surface area contributed by atoms with Gasteiger partial charge in [0, 0.05) is 0 Å². The molecule has 0 heterocycles. The third-order valence-electron chi connectivity index (χ3n) is 5.27. The number of aliphatic carboxylic acids is 1. The molecule has 0 aliphatic rings. The molecule has 0 rings (SSSR count). The Morgan fingerprint density at radius 2 is 0.923 bits per heavy atom. The van der Waals surface area contributed by atoms with Crippen molar-refractivity contribution in [1.82, 2.24) is 0 Å². The van der Waals surface area contributed by atoms with Crippen molar-refractivity contribution in [2.45, 2.75) is 116 Å². The summed E-state index contributed by atoms with van der Waals surface area (Å²) in [6.45, 7) is 7.50. The van der Waals surface area contributed by atoms with Gasteiger partial charge in [0.15, 0.2) is 0 Å². The lowest BCUT2D eigenvalue weighted by molar-refractivity contribution is -0.142. The standard InChI is InChI=1S/C24H44O2/c1-3-5-7-9-11-13-15-17-19-21-23(24(25)26)22-20-18-16-14-12-10-8-6-4-2/h3-4,23H,1-2,5-22H2,(H,25,26). The Morgan fingerprint density at radius 3 is 1.23 bits per heavy atom. The first-order valence-electron chi connectivity index (χ1n) is 11.2. The molecule has 26 heavy (non-hydrogen) atoms. The summed E-state index contributed by atoms with van der Waals surface area (Å²) in [4.78, 5) is 11.4. The molecule has 0 saturated heterocycles. The Balaban J connectivity index is 3.49. The van der Waals surface area contributed by atoms with Crippen LogP contribution >= 0.6 is 0 Å². The number of carboxylic acid groups (broad SMARTS) is 1. The highest BCUT2D eigenvalue weighted by Gasteiger charge is 2.16. The molecular formula is C24H44O2. The lowest BCUT2D eigenvalue weighted by Crippen LogP contribution is -2.13. The third-order valence-corrected chi connectivity index (χ3v) is 5.27. The van der Waals surface area contributed by atoms with E-state index >= 15 is 0 Å². The van der Waals surface area contributed by atoms with E-state index in [2.05, 4.69) is 13.2 Å². The van der Waals surface area contributed by atoms with E-state index in [1.54, 1.807) is 0 Å². The Kier molecular flexibility index (Phi) is 19.4. The topological polar surface area (TPSA) is 37.3 Å². The van der Waals surface area contributed by atoms with Crippen LogP contribution in [0.15, 0.2) is 25.3 Å². The van der Waals surface area contributed by atoms with Crippen molar-refractivity contribution in [3.63, 3.8) is 0 Å². The van der Waals surface area contributed by atoms with Crippen LogP contribution in [0.4, 0.5) is 0 Å². The minimum Gasteiger partial charge on any atom is -0.481 e. The minimum atomic E-state index is -0.584. The summed E-state index contributed by atoms with van der Waals surface area (Å²) >= 11 is 0. The minimum absolute atomic E-state index is 0.116. The van der Waals surface area contributed by atoms with Crippen LogP contribution in [0.2, 0.25) is 0 Å². The third kappa shape index (κ3) is 17.8. The average Bonchev–Trinajstić information content (AvgIpc) is 2.63. The van der Waals surface area contributed by atoms with Gasteiger partial charge in [-0.2, -0.15) is 0 Å². The second-order valence-electron chi connectivity index (χ2n) is 7.72. The first-order valence-corrected chi connectivity index (χ1v) is 11.2. The molecule has 0 unspecified atom stereocenters. The van der Waals surface area contributed by atoms with Crippen molar-refractivity contribution >= 4 is 5.97 Å². The zero-order valence-corrected chi connectivity index (χ0v) is 17.2. The van der Waals surface area contributed by atoms with Gasteiger partial charge in [-0.3, -0.25) is 4.79 Å². The zero-order valence-electron chi connectivity index (χ0n) is 17.2. The van der Waals surface area contributed by atoms with Gasteiger partial charge >= 0.3 is 5.97 Å². The fraction of sp³-hybridized carbons (Fsp3) is 0.792. The highest BCUT2D eigenvalue weighted by molar-refractivity contribution is 5.69. The number of unbranched alkanes of at least 4 members (excludes halogenated alkanes) is 14. The first kappa shape index (κ1) is 24.9. The van der Waals surface area contributed by atoms with Crippen molar-refractivity contribution in [1.29, 1.82) is 0 Å². The van der Waals surface area contributed by atoms with Gasteiger partial charge in [-0.05, 0) is 38.5 Å². The molecule has 2 heteroatoms. The molecule has 152 valence electrons. The van der Waals surface area contributed by atoms with Crippen LogP contribution in [0.1, 0.15) is 116 Å². The van der Waals surface area contributed by atoms with E-state index in [1.165, 1.54) is 77.0 Å². The first-order chi connectivity index (χ1) is 12.7. The number of hydrogen-bond acceptors (Lipinski definition) is 1. The molecule has 0 aromatic rings. The molecule has 0 aliphatic carbocycles. The Morgan fingerprint density at radius 1 is 0.615 bits per heavy atom. The van der Waals surface area contributed by atoms with Gasteiger partial charge in [-0.1, -0.05) is 89.2 Å². The molecule has 2 nitrogen and oxygen atoms in total. The van der Waals surface area contributed by atoms with E-state index < -0.39 is 5.97 Å². The quantitative estimate of drug-likeness (QED) is 0.165. The van der Waals surface area contributed by atoms with E-state index in [0.29, 0.717) is 0 Å². The molecule has 0 aliphatic heterocycles. The predicted octanol–water partition coefficient (Wildman–Crippen LogP) is 8.08. The van der Waals surface area contributed by atoms with Gasteiger partial charge in [-0.25, -0.2) is 0 Å². The van der Waals surface area contributed by atoms with E-state index in [1.807, 2.05) is 12.2 Å². The van der Waals surface area contributed by atoms with E-state index in [4.69, 9.17) is 0 Å². The average molecular weight is 365 g/mol. The maximum Gasteiger partial charge on any atom is 0.306 e. The Bertz CT molecular complexity index is 309. The maximum atomic E-state index is 11.4. The summed E-state index contributed by atoms with van der Waals surface area (Å²) in [6.07, 6.45) is 25.4. The summed E-state index contributed by atoms with van der Waals surface area (Å²) in [5.41, 5.74) is 0. The van der Waals surface area contributed by atoms with Crippen LogP contribution in [0.25, 0.3) is 0 Å². The van der Waals surface area contributed by atoms with Gasteiger partial charge in [0.25, 0.3) is 0 Å². The molecule has 0 saturated carbocycles. The van der Waals surface area contributed by atoms with E-state index in [9.17, 15) is 9.90 Å². The Labute approximate surface area is 163 Å². The second kappa shape index (κ2) is 20.3. The van der Waals surface area contributed by atoms with Crippen molar-refractivity contribution < 1.29 is 9.90 Å². The molecular weight excluding hydrogens is 320 g/mol. The molecule has 0 aromatic carbocycles. The second-order valence-corrected chi connectivity index (χ2v) is 7.72. The highest BCUT2D eigenvalue weighted by atomic mass is 16.4. The fourth-order valence-corrected chi connectivity index (χ4v) is 3.52. The zero-order chi connectivity index (χ0) is 19.3. The molecule has 0 bridgehead atoms. The van der Waals surface area contributed by atoms with Gasteiger partial charge in [0.05, 0.1) is 5.92 Å². The predicted molar refractivity (Wildman–Crippen MR) is 115 cm³/mol. The summed E-state index contributed by atoms with van der Waals surface area (Å²) < 4.78 is 0. The Hall–Kier alpha value is -1.05. The summed E-state index contributed by atoms with van der Waals surface area (Å²) in [5.74, 6) is -0.700. The van der Waals surface area contributed by atoms with Gasteiger partial charge < -0.3 is 5.11 Å². The molecule has 1 N–H and O–H groups in total. The van der Waals surface area contributed by atoms with Crippen LogP contribution in [0.5, 0.6) is 0 Å². The smallest absolute Gasteiger partial charge is 0.306 e. The van der Waals surface area contributed by atoms with Gasteiger partial charge in [0.1, 0.15) is 0 Å². The van der Waals surface area contributed by atoms with Crippen molar-refractivity contribution in [3.05, 3.63) is 25.3 Å². The molecule has 0 radical (unpaired) electrons. The highest BCUT2D eigenvalue weighted by Crippen LogP contribution is 2.20. The SMILES string of the molecule is C=CCCCCCCCCCC(CCCCCCCCCC=C)C(=O)O. The van der Waals surface area contributed by atoms with Crippen molar-refractivity contribution in [3.8, 4) is 0 Å². The normalized spacial score (nSPS) is 11.0.